The predicted octanol–water partition coefficient (Wildman–Crippen LogP) is 17.3. The van der Waals surface area contributed by atoms with Gasteiger partial charge in [-0.25, -0.2) is 0 Å². The molecule has 3 aliphatic heterocycles. The van der Waals surface area contributed by atoms with E-state index in [1.165, 1.54) is 138 Å². The molecular weight excluding hydrogens is 918 g/mol. The van der Waals surface area contributed by atoms with Crippen LogP contribution in [0.2, 0.25) is 0 Å². The number of aryl methyl sites for hydroxylation is 2. The minimum atomic E-state index is -0.176. The highest BCUT2D eigenvalue weighted by molar-refractivity contribution is 7.00. The van der Waals surface area contributed by atoms with E-state index in [-0.39, 0.29) is 28.5 Å². The minimum Gasteiger partial charge on any atom is -0.335 e. The first kappa shape index (κ1) is 46.9. The molecular formula is C72H68BN3. The Hall–Kier alpha value is -7.56. The molecule has 0 N–H and O–H groups in total. The maximum atomic E-state index is 2.85. The average molecular weight is 986 g/mol. The number of para-hydroxylation sites is 1. The molecule has 0 saturated heterocycles. The molecule has 9 aromatic rings. The van der Waals surface area contributed by atoms with Crippen LogP contribution in [-0.2, 0) is 23.7 Å². The topological polar surface area (TPSA) is 9.72 Å². The highest BCUT2D eigenvalue weighted by atomic mass is 15.3. The van der Waals surface area contributed by atoms with Gasteiger partial charge >= 0.3 is 0 Å². The van der Waals surface area contributed by atoms with Crippen LogP contribution in [0.15, 0.2) is 200 Å². The van der Waals surface area contributed by atoms with Crippen LogP contribution in [0, 0.1) is 5.41 Å². The van der Waals surface area contributed by atoms with Gasteiger partial charge < -0.3 is 14.7 Å². The van der Waals surface area contributed by atoms with E-state index >= 15 is 0 Å². The molecule has 374 valence electrons. The van der Waals surface area contributed by atoms with E-state index < -0.39 is 0 Å². The van der Waals surface area contributed by atoms with Crippen LogP contribution >= 0.6 is 0 Å². The Morgan fingerprint density at radius 2 is 0.987 bits per heavy atom. The fourth-order valence-electron chi connectivity index (χ4n) is 15.0. The van der Waals surface area contributed by atoms with Crippen molar-refractivity contribution in [3.63, 3.8) is 0 Å². The smallest absolute Gasteiger partial charge is 0.252 e. The van der Waals surface area contributed by atoms with Gasteiger partial charge in [0.25, 0.3) is 6.71 Å². The molecule has 5 aliphatic rings. The SMILES string of the molecule is CC(C)(C)c1ccc(N2c3cc4c(cc3B3c5cc(-c6ccccc6)ccc5N(c5ccc(-c6ccccc6)cc5)c5cc(N6c7ccccc7C(C)(C)C7(C)CCCCC67C)cc2c53)CCC4)c(-c2ccccc2)c1. The van der Waals surface area contributed by atoms with E-state index in [9.17, 15) is 0 Å². The van der Waals surface area contributed by atoms with E-state index in [4.69, 9.17) is 0 Å². The number of benzene rings is 9. The van der Waals surface area contributed by atoms with Gasteiger partial charge in [-0.05, 0) is 171 Å². The molecule has 3 heterocycles. The third-order valence-corrected chi connectivity index (χ3v) is 19.5. The molecule has 2 atom stereocenters. The third kappa shape index (κ3) is 6.94. The molecule has 0 radical (unpaired) electrons. The highest BCUT2D eigenvalue weighted by Crippen LogP contribution is 2.66. The summed E-state index contributed by atoms with van der Waals surface area (Å²) in [5.41, 5.74) is 27.0. The van der Waals surface area contributed by atoms with Crippen LogP contribution in [0.25, 0.3) is 33.4 Å². The second kappa shape index (κ2) is 17.2. The minimum absolute atomic E-state index is 0.00816. The molecule has 1 saturated carbocycles. The van der Waals surface area contributed by atoms with Crippen molar-refractivity contribution in [1.29, 1.82) is 0 Å². The molecule has 0 bridgehead atoms. The van der Waals surface area contributed by atoms with E-state index in [0.717, 1.165) is 24.9 Å². The molecule has 0 amide bonds. The van der Waals surface area contributed by atoms with E-state index in [1.807, 2.05) is 0 Å². The standard InChI is InChI=1S/C72H68BN3/c1-69(2,3)55-35-39-62(58(45-55)51-26-15-10-16-27-51)75-65-44-53-29-21-28-52(53)42-61(65)73-60-43-54(49-24-13-9-14-25-49)34-38-64(60)74(56-36-32-50(33-37-56)48-22-11-8-12-23-48)66-46-57(47-67(75)68(66)73)76-63-31-18-17-30-59(63)70(4,5)71(6)40-19-20-41-72(71,76)7/h8-18,22-27,30-39,42-47H,19-21,28-29,40-41H2,1-7H3. The molecule has 0 aromatic heterocycles. The van der Waals surface area contributed by atoms with Gasteiger partial charge in [0.05, 0.1) is 5.69 Å². The summed E-state index contributed by atoms with van der Waals surface area (Å²) in [5, 5.41) is 0. The quantitative estimate of drug-likeness (QED) is 0.154. The Kier molecular flexibility index (Phi) is 10.6. The average Bonchev–Trinajstić information content (AvgIpc) is 4.01. The van der Waals surface area contributed by atoms with Crippen molar-refractivity contribution >= 4 is 68.6 Å². The molecule has 0 spiro atoms. The van der Waals surface area contributed by atoms with Gasteiger partial charge in [-0.15, -0.1) is 0 Å². The van der Waals surface area contributed by atoms with Gasteiger partial charge in [-0.2, -0.15) is 0 Å². The second-order valence-corrected chi connectivity index (χ2v) is 24.7. The zero-order valence-electron chi connectivity index (χ0n) is 45.4. The van der Waals surface area contributed by atoms with Crippen molar-refractivity contribution in [2.24, 2.45) is 5.41 Å². The summed E-state index contributed by atoms with van der Waals surface area (Å²) in [6, 6.07) is 77.1. The van der Waals surface area contributed by atoms with Crippen LogP contribution in [0.1, 0.15) is 103 Å². The second-order valence-electron chi connectivity index (χ2n) is 24.7. The summed E-state index contributed by atoms with van der Waals surface area (Å²) in [7, 11) is 0. The first-order valence-electron chi connectivity index (χ1n) is 28.2. The van der Waals surface area contributed by atoms with Crippen LogP contribution in [0.4, 0.5) is 45.5 Å². The van der Waals surface area contributed by atoms with Gasteiger partial charge in [-0.3, -0.25) is 0 Å². The number of anilines is 8. The van der Waals surface area contributed by atoms with E-state index in [2.05, 4.69) is 263 Å². The summed E-state index contributed by atoms with van der Waals surface area (Å²) in [4.78, 5) is 8.21. The van der Waals surface area contributed by atoms with Crippen LogP contribution < -0.4 is 31.1 Å². The Bertz CT molecular complexity index is 3740. The van der Waals surface area contributed by atoms with Crippen molar-refractivity contribution < 1.29 is 0 Å². The molecule has 3 nitrogen and oxygen atoms in total. The Balaban J connectivity index is 1.12. The molecule has 4 heteroatoms. The largest absolute Gasteiger partial charge is 0.335 e. The summed E-state index contributed by atoms with van der Waals surface area (Å²) < 4.78 is 0. The summed E-state index contributed by atoms with van der Waals surface area (Å²) >= 11 is 0. The van der Waals surface area contributed by atoms with Gasteiger partial charge in [0.2, 0.25) is 0 Å². The summed E-state index contributed by atoms with van der Waals surface area (Å²) in [5.74, 6) is 0. The third-order valence-electron chi connectivity index (χ3n) is 19.5. The van der Waals surface area contributed by atoms with Crippen LogP contribution in [0.5, 0.6) is 0 Å². The normalized spacial score (nSPS) is 19.8. The monoisotopic (exact) mass is 986 g/mol. The lowest BCUT2D eigenvalue weighted by Crippen LogP contribution is -2.67. The van der Waals surface area contributed by atoms with E-state index in [1.54, 1.807) is 0 Å². The number of nitrogens with zero attached hydrogens (tertiary/aromatic N) is 3. The Morgan fingerprint density at radius 3 is 1.68 bits per heavy atom. The maximum absolute atomic E-state index is 2.85. The van der Waals surface area contributed by atoms with Crippen molar-refractivity contribution in [1.82, 2.24) is 0 Å². The number of hydrogen-bond acceptors (Lipinski definition) is 3. The van der Waals surface area contributed by atoms with Crippen molar-refractivity contribution in [3.05, 3.63) is 222 Å². The summed E-state index contributed by atoms with van der Waals surface area (Å²) in [6.07, 6.45) is 8.17. The molecule has 14 rings (SSSR count). The Labute approximate surface area is 452 Å². The van der Waals surface area contributed by atoms with Crippen molar-refractivity contribution in [2.75, 3.05) is 14.7 Å². The van der Waals surface area contributed by atoms with Crippen LogP contribution in [-0.4, -0.2) is 12.3 Å². The fourth-order valence-corrected chi connectivity index (χ4v) is 15.0. The fraction of sp³-hybridized carbons (Fsp3) is 0.250. The highest BCUT2D eigenvalue weighted by Gasteiger charge is 2.62. The van der Waals surface area contributed by atoms with Crippen molar-refractivity contribution in [2.45, 2.75) is 110 Å². The number of rotatable bonds is 6. The number of hydrogen-bond donors (Lipinski definition) is 0. The van der Waals surface area contributed by atoms with Crippen LogP contribution in [0.3, 0.4) is 0 Å². The zero-order chi connectivity index (χ0) is 51.7. The molecule has 76 heavy (non-hydrogen) atoms. The number of fused-ring (bicyclic) bond motifs is 7. The molecule has 2 aliphatic carbocycles. The predicted molar refractivity (Wildman–Crippen MR) is 324 cm³/mol. The lowest BCUT2D eigenvalue weighted by atomic mass is 9.33. The van der Waals surface area contributed by atoms with Gasteiger partial charge in [0.1, 0.15) is 0 Å². The first-order valence-corrected chi connectivity index (χ1v) is 28.2. The van der Waals surface area contributed by atoms with E-state index in [0.29, 0.717) is 0 Å². The Morgan fingerprint density at radius 1 is 0.421 bits per heavy atom. The molecule has 2 unspecified atom stereocenters. The van der Waals surface area contributed by atoms with Gasteiger partial charge in [0, 0.05) is 56.3 Å². The van der Waals surface area contributed by atoms with Gasteiger partial charge in [0.15, 0.2) is 0 Å². The van der Waals surface area contributed by atoms with Gasteiger partial charge in [-0.1, -0.05) is 200 Å². The molecule has 9 aromatic carbocycles. The lowest BCUT2D eigenvalue weighted by molar-refractivity contribution is 0.0106. The molecule has 1 fully saturated rings. The van der Waals surface area contributed by atoms with Crippen molar-refractivity contribution in [3.8, 4) is 33.4 Å². The maximum Gasteiger partial charge on any atom is 0.252 e. The first-order chi connectivity index (χ1) is 36.8. The zero-order valence-corrected chi connectivity index (χ0v) is 45.4. The lowest BCUT2D eigenvalue weighted by Gasteiger charge is -2.66. The summed E-state index contributed by atoms with van der Waals surface area (Å²) in [6.45, 7) is 17.3.